The monoisotopic (exact) mass is 373 g/mol. The normalized spacial score (nSPS) is 11.7. The van der Waals surface area contributed by atoms with Gasteiger partial charge in [0.05, 0.1) is 16.7 Å². The molecule has 2 aromatic rings. The van der Waals surface area contributed by atoms with Crippen LogP contribution in [-0.2, 0) is 16.6 Å². The molecule has 2 aromatic carbocycles. The highest BCUT2D eigenvalue weighted by Gasteiger charge is 2.24. The van der Waals surface area contributed by atoms with Gasteiger partial charge in [-0.05, 0) is 36.8 Å². The Labute approximate surface area is 146 Å². The summed E-state index contributed by atoms with van der Waals surface area (Å²) in [4.78, 5) is 0.0000955. The molecule has 0 spiro atoms. The fourth-order valence-electron chi connectivity index (χ4n) is 2.05. The van der Waals surface area contributed by atoms with Crippen LogP contribution in [0.3, 0.4) is 0 Å². The van der Waals surface area contributed by atoms with E-state index in [-0.39, 0.29) is 21.5 Å². The molecular formula is C16H17Cl2NO3S. The predicted octanol–water partition coefficient (Wildman–Crippen LogP) is 4.21. The van der Waals surface area contributed by atoms with Crippen LogP contribution in [-0.4, -0.2) is 26.4 Å². The number of sulfonamides is 1. The van der Waals surface area contributed by atoms with Crippen molar-refractivity contribution in [3.8, 4) is 5.75 Å². The molecule has 23 heavy (non-hydrogen) atoms. The first-order valence-electron chi connectivity index (χ1n) is 6.98. The number of nitrogens with zero attached hydrogens (tertiary/aromatic N) is 1. The highest BCUT2D eigenvalue weighted by atomic mass is 35.5. The van der Waals surface area contributed by atoms with Crippen molar-refractivity contribution in [1.29, 1.82) is 0 Å². The van der Waals surface area contributed by atoms with E-state index in [1.54, 1.807) is 12.1 Å². The van der Waals surface area contributed by atoms with Gasteiger partial charge in [0.1, 0.15) is 10.6 Å². The number of rotatable bonds is 6. The minimum Gasteiger partial charge on any atom is -0.494 e. The fraction of sp³-hybridized carbons (Fsp3) is 0.250. The summed E-state index contributed by atoms with van der Waals surface area (Å²) in [6.07, 6.45) is 0. The van der Waals surface area contributed by atoms with Gasteiger partial charge in [-0.25, -0.2) is 8.42 Å². The molecule has 0 aromatic heterocycles. The van der Waals surface area contributed by atoms with Crippen LogP contribution in [0, 0.1) is 0 Å². The first-order chi connectivity index (χ1) is 10.9. The summed E-state index contributed by atoms with van der Waals surface area (Å²) in [7, 11) is -2.22. The van der Waals surface area contributed by atoms with Gasteiger partial charge >= 0.3 is 0 Å². The summed E-state index contributed by atoms with van der Waals surface area (Å²) < 4.78 is 31.9. The third kappa shape index (κ3) is 4.18. The molecule has 0 atom stereocenters. The maximum Gasteiger partial charge on any atom is 0.244 e. The third-order valence-electron chi connectivity index (χ3n) is 3.24. The Morgan fingerprint density at radius 1 is 1.09 bits per heavy atom. The summed E-state index contributed by atoms with van der Waals surface area (Å²) in [5.41, 5.74) is 0.845. The average molecular weight is 374 g/mol. The van der Waals surface area contributed by atoms with Crippen molar-refractivity contribution in [1.82, 2.24) is 4.31 Å². The maximum atomic E-state index is 12.6. The van der Waals surface area contributed by atoms with Crippen molar-refractivity contribution in [3.63, 3.8) is 0 Å². The Morgan fingerprint density at radius 2 is 1.74 bits per heavy atom. The van der Waals surface area contributed by atoms with Crippen LogP contribution >= 0.6 is 23.2 Å². The molecule has 0 aliphatic heterocycles. The molecule has 124 valence electrons. The van der Waals surface area contributed by atoms with Gasteiger partial charge in [0.15, 0.2) is 0 Å². The molecule has 0 aliphatic rings. The molecule has 0 heterocycles. The van der Waals surface area contributed by atoms with Crippen LogP contribution in [0.25, 0.3) is 0 Å². The zero-order valence-electron chi connectivity index (χ0n) is 12.8. The first-order valence-corrected chi connectivity index (χ1v) is 9.18. The molecule has 2 rings (SSSR count). The molecule has 0 radical (unpaired) electrons. The van der Waals surface area contributed by atoms with Crippen LogP contribution in [0.15, 0.2) is 47.4 Å². The molecule has 0 saturated heterocycles. The summed E-state index contributed by atoms with van der Waals surface area (Å²) in [5.74, 6) is 0.750. The van der Waals surface area contributed by atoms with Crippen molar-refractivity contribution in [2.24, 2.45) is 0 Å². The quantitative estimate of drug-likeness (QED) is 0.761. The Kier molecular flexibility index (Phi) is 5.92. The zero-order valence-corrected chi connectivity index (χ0v) is 15.1. The Morgan fingerprint density at radius 3 is 2.35 bits per heavy atom. The second kappa shape index (κ2) is 7.53. The minimum absolute atomic E-state index is 0.0000955. The van der Waals surface area contributed by atoms with E-state index in [2.05, 4.69) is 0 Å². The van der Waals surface area contributed by atoms with Crippen LogP contribution in [0.1, 0.15) is 12.5 Å². The van der Waals surface area contributed by atoms with E-state index >= 15 is 0 Å². The van der Waals surface area contributed by atoms with E-state index in [4.69, 9.17) is 27.9 Å². The summed E-state index contributed by atoms with van der Waals surface area (Å²) in [6, 6.07) is 11.8. The average Bonchev–Trinajstić information content (AvgIpc) is 2.52. The second-order valence-electron chi connectivity index (χ2n) is 4.89. The largest absolute Gasteiger partial charge is 0.494 e. The summed E-state index contributed by atoms with van der Waals surface area (Å²) in [6.45, 7) is 2.71. The Hall–Kier alpha value is -1.27. The molecule has 0 saturated carbocycles. The molecule has 0 bridgehead atoms. The van der Waals surface area contributed by atoms with Crippen LogP contribution in [0.5, 0.6) is 5.75 Å². The lowest BCUT2D eigenvalue weighted by Gasteiger charge is -2.18. The van der Waals surface area contributed by atoms with Crippen molar-refractivity contribution in [3.05, 3.63) is 58.1 Å². The highest BCUT2D eigenvalue weighted by Crippen LogP contribution is 2.31. The Bertz CT molecular complexity index is 776. The van der Waals surface area contributed by atoms with Crippen molar-refractivity contribution in [2.75, 3.05) is 13.7 Å². The number of hydrogen-bond donors (Lipinski definition) is 0. The van der Waals surface area contributed by atoms with Crippen molar-refractivity contribution in [2.45, 2.75) is 18.4 Å². The molecule has 7 heteroatoms. The Balaban J connectivity index is 2.21. The summed E-state index contributed by atoms with van der Waals surface area (Å²) >= 11 is 11.9. The zero-order chi connectivity index (χ0) is 17.0. The van der Waals surface area contributed by atoms with Gasteiger partial charge in [0.25, 0.3) is 0 Å². The molecule has 0 amide bonds. The lowest BCUT2D eigenvalue weighted by Crippen LogP contribution is -2.26. The fourth-order valence-corrected chi connectivity index (χ4v) is 3.94. The van der Waals surface area contributed by atoms with Gasteiger partial charge in [0.2, 0.25) is 10.0 Å². The van der Waals surface area contributed by atoms with Gasteiger partial charge < -0.3 is 4.74 Å². The van der Waals surface area contributed by atoms with Gasteiger partial charge in [-0.2, -0.15) is 4.31 Å². The van der Waals surface area contributed by atoms with E-state index in [1.165, 1.54) is 17.4 Å². The predicted molar refractivity (Wildman–Crippen MR) is 92.7 cm³/mol. The van der Waals surface area contributed by atoms with E-state index < -0.39 is 10.0 Å². The number of halogens is 2. The van der Waals surface area contributed by atoms with Gasteiger partial charge in [0, 0.05) is 13.6 Å². The topological polar surface area (TPSA) is 46.6 Å². The van der Waals surface area contributed by atoms with Crippen molar-refractivity contribution >= 4 is 33.2 Å². The van der Waals surface area contributed by atoms with Gasteiger partial charge in [-0.3, -0.25) is 0 Å². The lowest BCUT2D eigenvalue weighted by molar-refractivity contribution is 0.340. The van der Waals surface area contributed by atoms with Crippen LogP contribution in [0.4, 0.5) is 0 Å². The number of hydrogen-bond acceptors (Lipinski definition) is 3. The van der Waals surface area contributed by atoms with E-state index in [9.17, 15) is 8.42 Å². The second-order valence-corrected chi connectivity index (χ2v) is 7.69. The van der Waals surface area contributed by atoms with Gasteiger partial charge in [-0.15, -0.1) is 0 Å². The van der Waals surface area contributed by atoms with E-state index in [0.29, 0.717) is 6.61 Å². The first kappa shape index (κ1) is 18.1. The standard InChI is InChI=1S/C16H17Cl2NO3S/c1-3-22-13-9-7-12(8-10-13)11-19(2)23(20,21)15-6-4-5-14(17)16(15)18/h4-10H,3,11H2,1-2H3. The number of ether oxygens (including phenoxy) is 1. The molecule has 0 N–H and O–H groups in total. The maximum absolute atomic E-state index is 12.6. The molecule has 4 nitrogen and oxygen atoms in total. The number of benzene rings is 2. The smallest absolute Gasteiger partial charge is 0.244 e. The molecule has 0 fully saturated rings. The SMILES string of the molecule is CCOc1ccc(CN(C)S(=O)(=O)c2cccc(Cl)c2Cl)cc1. The highest BCUT2D eigenvalue weighted by molar-refractivity contribution is 7.89. The lowest BCUT2D eigenvalue weighted by atomic mass is 10.2. The van der Waals surface area contributed by atoms with Crippen LogP contribution in [0.2, 0.25) is 10.0 Å². The van der Waals surface area contributed by atoms with E-state index in [0.717, 1.165) is 11.3 Å². The van der Waals surface area contributed by atoms with E-state index in [1.807, 2.05) is 31.2 Å². The third-order valence-corrected chi connectivity index (χ3v) is 6.02. The molecule has 0 aliphatic carbocycles. The van der Waals surface area contributed by atoms with Crippen LogP contribution < -0.4 is 4.74 Å². The molecule has 0 unspecified atom stereocenters. The summed E-state index contributed by atoms with van der Waals surface area (Å²) in [5, 5.41) is 0.245. The van der Waals surface area contributed by atoms with Crippen molar-refractivity contribution < 1.29 is 13.2 Å². The minimum atomic E-state index is -3.73. The molecular weight excluding hydrogens is 357 g/mol. The van der Waals surface area contributed by atoms with Gasteiger partial charge in [-0.1, -0.05) is 41.4 Å².